The van der Waals surface area contributed by atoms with Crippen LogP contribution < -0.4 is 0 Å². The highest BCUT2D eigenvalue weighted by Crippen LogP contribution is 2.13. The van der Waals surface area contributed by atoms with Gasteiger partial charge in [-0.1, -0.05) is 11.8 Å². The van der Waals surface area contributed by atoms with Crippen LogP contribution in [-0.2, 0) is 9.53 Å². The van der Waals surface area contributed by atoms with Crippen LogP contribution in [0.1, 0.15) is 18.9 Å². The van der Waals surface area contributed by atoms with Crippen molar-refractivity contribution in [3.05, 3.63) is 29.6 Å². The number of aromatic hydroxyl groups is 1. The van der Waals surface area contributed by atoms with E-state index in [1.807, 2.05) is 0 Å². The van der Waals surface area contributed by atoms with E-state index >= 15 is 0 Å². The zero-order valence-corrected chi connectivity index (χ0v) is 8.79. The van der Waals surface area contributed by atoms with Crippen molar-refractivity contribution in [3.8, 4) is 17.6 Å². The van der Waals surface area contributed by atoms with Gasteiger partial charge in [0.25, 0.3) is 0 Å². The molecule has 1 rings (SSSR count). The van der Waals surface area contributed by atoms with Crippen LogP contribution in [0.3, 0.4) is 0 Å². The third-order valence-corrected chi connectivity index (χ3v) is 1.65. The monoisotopic (exact) mass is 222 g/mol. The third-order valence-electron chi connectivity index (χ3n) is 1.65. The molecular weight excluding hydrogens is 211 g/mol. The minimum Gasteiger partial charge on any atom is -0.508 e. The maximum atomic E-state index is 12.8. The molecule has 0 fully saturated rings. The Kier molecular flexibility index (Phi) is 4.34. The quantitative estimate of drug-likeness (QED) is 0.613. The fourth-order valence-electron chi connectivity index (χ4n) is 1.08. The molecule has 0 aliphatic heterocycles. The molecule has 4 heteroatoms. The van der Waals surface area contributed by atoms with Crippen molar-refractivity contribution >= 4 is 5.97 Å². The molecule has 0 aliphatic rings. The normalized spacial score (nSPS) is 9.12. The second kappa shape index (κ2) is 5.76. The highest BCUT2D eigenvalue weighted by atomic mass is 19.1. The standard InChI is InChI=1S/C12H11FO3/c1-2-16-12(15)5-3-4-9-6-10(13)8-11(14)7-9/h6-8,14H,2,5H2,1H3. The molecule has 0 unspecified atom stereocenters. The first-order valence-electron chi connectivity index (χ1n) is 4.76. The maximum absolute atomic E-state index is 12.8. The van der Waals surface area contributed by atoms with Crippen LogP contribution in [0.2, 0.25) is 0 Å². The molecule has 0 atom stereocenters. The van der Waals surface area contributed by atoms with Gasteiger partial charge in [-0.25, -0.2) is 4.39 Å². The van der Waals surface area contributed by atoms with Gasteiger partial charge in [0.05, 0.1) is 6.61 Å². The van der Waals surface area contributed by atoms with Gasteiger partial charge in [-0.05, 0) is 19.1 Å². The molecule has 0 aromatic heterocycles. The third kappa shape index (κ3) is 4.01. The molecule has 0 saturated heterocycles. The molecule has 0 aliphatic carbocycles. The zero-order chi connectivity index (χ0) is 12.0. The summed E-state index contributed by atoms with van der Waals surface area (Å²) in [5.41, 5.74) is 0.321. The largest absolute Gasteiger partial charge is 0.508 e. The number of rotatable bonds is 2. The van der Waals surface area contributed by atoms with Crippen molar-refractivity contribution in [1.82, 2.24) is 0 Å². The molecule has 1 aromatic rings. The number of hydrogen-bond acceptors (Lipinski definition) is 3. The predicted molar refractivity (Wildman–Crippen MR) is 56.2 cm³/mol. The molecule has 84 valence electrons. The van der Waals surface area contributed by atoms with Crippen LogP contribution in [0.4, 0.5) is 4.39 Å². The summed E-state index contributed by atoms with van der Waals surface area (Å²) in [5, 5.41) is 9.09. The van der Waals surface area contributed by atoms with E-state index in [4.69, 9.17) is 5.11 Å². The topological polar surface area (TPSA) is 46.5 Å². The number of carbonyl (C=O) groups excluding carboxylic acids is 1. The molecule has 0 heterocycles. The predicted octanol–water partition coefficient (Wildman–Crippen LogP) is 1.84. The van der Waals surface area contributed by atoms with Crippen molar-refractivity contribution in [1.29, 1.82) is 0 Å². The van der Waals surface area contributed by atoms with Crippen molar-refractivity contribution in [2.45, 2.75) is 13.3 Å². The zero-order valence-electron chi connectivity index (χ0n) is 8.79. The number of phenolic OH excluding ortho intramolecular Hbond substituents is 1. The highest BCUT2D eigenvalue weighted by Gasteiger charge is 1.98. The molecule has 1 N–H and O–H groups in total. The van der Waals surface area contributed by atoms with Crippen molar-refractivity contribution in [2.75, 3.05) is 6.61 Å². The van der Waals surface area contributed by atoms with Crippen LogP contribution in [0.25, 0.3) is 0 Å². The summed E-state index contributed by atoms with van der Waals surface area (Å²) >= 11 is 0. The first kappa shape index (κ1) is 12.1. The molecule has 1 aromatic carbocycles. The van der Waals surface area contributed by atoms with Gasteiger partial charge in [-0.3, -0.25) is 4.79 Å². The smallest absolute Gasteiger partial charge is 0.317 e. The maximum Gasteiger partial charge on any atom is 0.317 e. The molecular formula is C12H11FO3. The summed E-state index contributed by atoms with van der Waals surface area (Å²) in [6.07, 6.45) is -0.0505. The van der Waals surface area contributed by atoms with Crippen LogP contribution in [0.5, 0.6) is 5.75 Å². The van der Waals surface area contributed by atoms with E-state index < -0.39 is 11.8 Å². The summed E-state index contributed by atoms with van der Waals surface area (Å²) in [4.78, 5) is 10.9. The fraction of sp³-hybridized carbons (Fsp3) is 0.250. The van der Waals surface area contributed by atoms with E-state index in [1.165, 1.54) is 12.1 Å². The Balaban J connectivity index is 2.66. The van der Waals surface area contributed by atoms with E-state index in [9.17, 15) is 9.18 Å². The Morgan fingerprint density at radius 2 is 2.25 bits per heavy atom. The Morgan fingerprint density at radius 3 is 2.88 bits per heavy atom. The van der Waals surface area contributed by atoms with Gasteiger partial charge >= 0.3 is 5.97 Å². The molecule has 16 heavy (non-hydrogen) atoms. The van der Waals surface area contributed by atoms with Gasteiger partial charge in [0.2, 0.25) is 0 Å². The lowest BCUT2D eigenvalue weighted by molar-refractivity contribution is -0.141. The number of halogens is 1. The Bertz CT molecular complexity index is 423. The van der Waals surface area contributed by atoms with E-state index in [0.717, 1.165) is 6.07 Å². The van der Waals surface area contributed by atoms with E-state index in [0.29, 0.717) is 12.2 Å². The summed E-state index contributed by atoms with van der Waals surface area (Å²) in [5.74, 6) is 3.92. The molecule has 0 saturated carbocycles. The van der Waals surface area contributed by atoms with Crippen LogP contribution in [-0.4, -0.2) is 17.7 Å². The minimum absolute atomic E-state index is 0.0505. The number of phenols is 1. The van der Waals surface area contributed by atoms with Crippen molar-refractivity contribution in [2.24, 2.45) is 0 Å². The van der Waals surface area contributed by atoms with E-state index in [-0.39, 0.29) is 12.2 Å². The number of carbonyl (C=O) groups is 1. The number of benzene rings is 1. The van der Waals surface area contributed by atoms with Crippen molar-refractivity contribution < 1.29 is 19.0 Å². The van der Waals surface area contributed by atoms with Crippen molar-refractivity contribution in [3.63, 3.8) is 0 Å². The first-order valence-corrected chi connectivity index (χ1v) is 4.76. The first-order chi connectivity index (χ1) is 7.61. The average Bonchev–Trinajstić information content (AvgIpc) is 2.16. The highest BCUT2D eigenvalue weighted by molar-refractivity contribution is 5.72. The Labute approximate surface area is 92.9 Å². The Morgan fingerprint density at radius 1 is 1.50 bits per heavy atom. The molecule has 0 amide bonds. The fourth-order valence-corrected chi connectivity index (χ4v) is 1.08. The molecule has 3 nitrogen and oxygen atoms in total. The van der Waals surface area contributed by atoms with Crippen LogP contribution >= 0.6 is 0 Å². The number of ether oxygens (including phenoxy) is 1. The average molecular weight is 222 g/mol. The summed E-state index contributed by atoms with van der Waals surface area (Å²) in [7, 11) is 0. The number of hydrogen-bond donors (Lipinski definition) is 1. The molecule has 0 spiro atoms. The van der Waals surface area contributed by atoms with Gasteiger partial charge in [-0.15, -0.1) is 0 Å². The van der Waals surface area contributed by atoms with E-state index in [1.54, 1.807) is 6.92 Å². The molecule has 0 radical (unpaired) electrons. The SMILES string of the molecule is CCOC(=O)CC#Cc1cc(O)cc(F)c1. The van der Waals surface area contributed by atoms with Gasteiger partial charge in [0.15, 0.2) is 0 Å². The van der Waals surface area contributed by atoms with E-state index in [2.05, 4.69) is 16.6 Å². The van der Waals surface area contributed by atoms with Crippen LogP contribution in [0, 0.1) is 17.7 Å². The van der Waals surface area contributed by atoms with Gasteiger partial charge < -0.3 is 9.84 Å². The van der Waals surface area contributed by atoms with Gasteiger partial charge in [-0.2, -0.15) is 0 Å². The number of esters is 1. The Hall–Kier alpha value is -2.02. The lowest BCUT2D eigenvalue weighted by Crippen LogP contribution is -2.01. The second-order valence-electron chi connectivity index (χ2n) is 2.98. The molecule has 0 bridgehead atoms. The minimum atomic E-state index is -0.569. The second-order valence-corrected chi connectivity index (χ2v) is 2.98. The van der Waals surface area contributed by atoms with Crippen LogP contribution in [0.15, 0.2) is 18.2 Å². The van der Waals surface area contributed by atoms with Gasteiger partial charge in [0.1, 0.15) is 18.0 Å². The summed E-state index contributed by atoms with van der Waals surface area (Å²) in [6.45, 7) is 2.01. The lowest BCUT2D eigenvalue weighted by Gasteiger charge is -1.95. The lowest BCUT2D eigenvalue weighted by atomic mass is 10.2. The van der Waals surface area contributed by atoms with Gasteiger partial charge in [0, 0.05) is 11.6 Å². The summed E-state index contributed by atoms with van der Waals surface area (Å²) in [6, 6.07) is 3.48. The summed E-state index contributed by atoms with van der Waals surface area (Å²) < 4.78 is 17.5.